The summed E-state index contributed by atoms with van der Waals surface area (Å²) in [6.07, 6.45) is -5.22. The van der Waals surface area contributed by atoms with Crippen LogP contribution in [-0.2, 0) is 4.74 Å². The summed E-state index contributed by atoms with van der Waals surface area (Å²) in [4.78, 5) is 61.1. The van der Waals surface area contributed by atoms with Crippen molar-refractivity contribution in [3.63, 3.8) is 0 Å². The number of nitrogens with zero attached hydrogens (tertiary/aromatic N) is 1. The minimum Gasteiger partial charge on any atom is -0.382 e. The molecule has 3 heterocycles. The molecule has 0 saturated carbocycles. The van der Waals surface area contributed by atoms with Crippen LogP contribution in [0.15, 0.2) is 108 Å². The summed E-state index contributed by atoms with van der Waals surface area (Å²) in [5.41, 5.74) is -7.57. The topological polar surface area (TPSA) is 175 Å². The fourth-order valence-electron chi connectivity index (χ4n) is 5.71. The third-order valence-electron chi connectivity index (χ3n) is 7.89. The predicted molar refractivity (Wildman–Crippen MR) is 160 cm³/mol. The van der Waals surface area contributed by atoms with Crippen LogP contribution in [0, 0.1) is 4.64 Å². The molecule has 1 fully saturated rings. The molecule has 5 atom stereocenters. The van der Waals surface area contributed by atoms with Crippen LogP contribution >= 0.6 is 12.2 Å². The van der Waals surface area contributed by atoms with Crippen molar-refractivity contribution in [1.82, 2.24) is 14.5 Å². The number of benzene rings is 3. The second-order valence-corrected chi connectivity index (χ2v) is 10.8. The second-order valence-electron chi connectivity index (χ2n) is 10.4. The van der Waals surface area contributed by atoms with Crippen molar-refractivity contribution in [2.24, 2.45) is 0 Å². The third kappa shape index (κ3) is 4.31. The molecule has 44 heavy (non-hydrogen) atoms. The quantitative estimate of drug-likeness (QED) is 0.131. The van der Waals surface area contributed by atoms with Crippen LogP contribution in [-0.4, -0.2) is 70.6 Å². The fraction of sp³-hybridized carbons (Fsp3) is 0.156. The van der Waals surface area contributed by atoms with Crippen molar-refractivity contribution in [3.05, 3.63) is 135 Å². The summed E-state index contributed by atoms with van der Waals surface area (Å²) >= 11 is 5.26. The zero-order chi connectivity index (χ0) is 31.2. The van der Waals surface area contributed by atoms with Gasteiger partial charge in [0.15, 0.2) is 17.6 Å². The van der Waals surface area contributed by atoms with Gasteiger partial charge in [-0.15, -0.1) is 0 Å². The normalized spacial score (nSPS) is 23.8. The number of aliphatic hydroxyl groups is 3. The van der Waals surface area contributed by atoms with Crippen molar-refractivity contribution < 1.29 is 34.4 Å². The van der Waals surface area contributed by atoms with Crippen LogP contribution in [0.3, 0.4) is 0 Å². The van der Waals surface area contributed by atoms with Gasteiger partial charge in [-0.05, 0) is 6.07 Å². The molecule has 1 saturated heterocycles. The Balaban J connectivity index is 1.65. The number of nitrogens with one attached hydrogen (secondary N) is 2. The van der Waals surface area contributed by atoms with E-state index in [0.717, 1.165) is 4.57 Å². The predicted octanol–water partition coefficient (Wildman–Crippen LogP) is 2.76. The minimum absolute atomic E-state index is 0.00784. The molecule has 11 nitrogen and oxygen atoms in total. The van der Waals surface area contributed by atoms with Crippen molar-refractivity contribution >= 4 is 40.6 Å². The number of H-pyrrole nitrogens is 2. The highest BCUT2D eigenvalue weighted by molar-refractivity contribution is 7.71. The Kier molecular flexibility index (Phi) is 7.32. The molecule has 1 aliphatic rings. The number of carbonyl (C=O) groups excluding carboxylic acids is 3. The highest BCUT2D eigenvalue weighted by atomic mass is 32.1. The maximum atomic E-state index is 14.4. The minimum atomic E-state index is -3.31. The van der Waals surface area contributed by atoms with Gasteiger partial charge < -0.3 is 25.0 Å². The SMILES string of the molecule is O=C(c1ccccc1)C(O)[C@H]1O[C@@H](n2c(=O)[nH]c(=S)c3[nH]ccc32)[C@@](O)(C(=O)c2ccccc2)[C@@]1(O)C(=O)c1ccccc1. The molecule has 6 rings (SSSR count). The first-order chi connectivity index (χ1) is 21.1. The smallest absolute Gasteiger partial charge is 0.329 e. The van der Waals surface area contributed by atoms with Crippen molar-refractivity contribution in [3.8, 4) is 0 Å². The maximum absolute atomic E-state index is 14.4. The van der Waals surface area contributed by atoms with Crippen LogP contribution in [0.4, 0.5) is 0 Å². The fourth-order valence-corrected chi connectivity index (χ4v) is 5.97. The first-order valence-corrected chi connectivity index (χ1v) is 13.9. The Morgan fingerprint density at radius 3 is 1.84 bits per heavy atom. The molecule has 1 aliphatic heterocycles. The molecule has 0 spiro atoms. The highest BCUT2D eigenvalue weighted by Gasteiger charge is 2.75. The summed E-state index contributed by atoms with van der Waals surface area (Å²) in [7, 11) is 0. The number of fused-ring (bicyclic) bond motifs is 1. The Bertz CT molecular complexity index is 2010. The zero-order valence-electron chi connectivity index (χ0n) is 22.8. The summed E-state index contributed by atoms with van der Waals surface area (Å²) in [6.45, 7) is 0. The third-order valence-corrected chi connectivity index (χ3v) is 8.20. The van der Waals surface area contributed by atoms with Crippen LogP contribution in [0.5, 0.6) is 0 Å². The van der Waals surface area contributed by atoms with Crippen molar-refractivity contribution in [1.29, 1.82) is 0 Å². The van der Waals surface area contributed by atoms with E-state index in [9.17, 15) is 34.5 Å². The first kappa shape index (κ1) is 29.2. The second kappa shape index (κ2) is 11.0. The summed E-state index contributed by atoms with van der Waals surface area (Å²) in [5.74, 6) is -3.38. The number of ether oxygens (including phenoxy) is 1. The maximum Gasteiger partial charge on any atom is 0.329 e. The van der Waals surface area contributed by atoms with Gasteiger partial charge in [-0.2, -0.15) is 0 Å². The molecule has 1 unspecified atom stereocenters. The lowest BCUT2D eigenvalue weighted by molar-refractivity contribution is -0.108. The molecule has 12 heteroatoms. The van der Waals surface area contributed by atoms with Crippen molar-refractivity contribution in [2.45, 2.75) is 29.6 Å². The van der Waals surface area contributed by atoms with Crippen LogP contribution < -0.4 is 5.69 Å². The molecule has 5 N–H and O–H groups in total. The summed E-state index contributed by atoms with van der Waals surface area (Å²) < 4.78 is 6.88. The number of carbonyl (C=O) groups is 3. The Labute approximate surface area is 254 Å². The van der Waals surface area contributed by atoms with Gasteiger partial charge in [0, 0.05) is 22.9 Å². The van der Waals surface area contributed by atoms with Gasteiger partial charge in [-0.3, -0.25) is 23.9 Å². The number of hydrogen-bond acceptors (Lipinski definition) is 9. The van der Waals surface area contributed by atoms with E-state index < -0.39 is 52.7 Å². The number of hydrogen-bond donors (Lipinski definition) is 5. The average molecular weight is 612 g/mol. The van der Waals surface area contributed by atoms with E-state index >= 15 is 0 Å². The van der Waals surface area contributed by atoms with E-state index in [-0.39, 0.29) is 32.4 Å². The first-order valence-electron chi connectivity index (χ1n) is 13.5. The largest absolute Gasteiger partial charge is 0.382 e. The van der Waals surface area contributed by atoms with Gasteiger partial charge in [0.2, 0.25) is 17.2 Å². The van der Waals surface area contributed by atoms with Crippen LogP contribution in [0.25, 0.3) is 11.0 Å². The Hall–Kier alpha value is -4.85. The molecule has 0 aliphatic carbocycles. The lowest BCUT2D eigenvalue weighted by Crippen LogP contribution is -2.69. The molecule has 3 aromatic carbocycles. The Morgan fingerprint density at radius 1 is 0.795 bits per heavy atom. The number of ketones is 3. The number of aromatic nitrogens is 3. The summed E-state index contributed by atoms with van der Waals surface area (Å²) in [6, 6.07) is 23.5. The molecule has 222 valence electrons. The van der Waals surface area contributed by atoms with E-state index in [1.807, 2.05) is 0 Å². The monoisotopic (exact) mass is 611 g/mol. The van der Waals surface area contributed by atoms with Gasteiger partial charge >= 0.3 is 5.69 Å². The molecular formula is C32H25N3O8S. The van der Waals surface area contributed by atoms with E-state index in [2.05, 4.69) is 9.97 Å². The molecule has 2 aromatic heterocycles. The zero-order valence-corrected chi connectivity index (χ0v) is 23.6. The van der Waals surface area contributed by atoms with Crippen LogP contribution in [0.2, 0.25) is 0 Å². The lowest BCUT2D eigenvalue weighted by Gasteiger charge is -2.39. The lowest BCUT2D eigenvalue weighted by atomic mass is 9.69. The molecule has 0 amide bonds. The molecular weight excluding hydrogens is 586 g/mol. The Morgan fingerprint density at radius 2 is 1.30 bits per heavy atom. The molecule has 5 aromatic rings. The van der Waals surface area contributed by atoms with E-state index in [0.29, 0.717) is 0 Å². The number of rotatable bonds is 8. The van der Waals surface area contributed by atoms with Crippen LogP contribution in [0.1, 0.15) is 37.3 Å². The van der Waals surface area contributed by atoms with E-state index in [4.69, 9.17) is 17.0 Å². The van der Waals surface area contributed by atoms with E-state index in [1.54, 1.807) is 30.3 Å². The van der Waals surface area contributed by atoms with Gasteiger partial charge in [0.25, 0.3) is 0 Å². The highest BCUT2D eigenvalue weighted by Crippen LogP contribution is 2.50. The number of aromatic amines is 2. The average Bonchev–Trinajstić information content (AvgIpc) is 3.64. The van der Waals surface area contributed by atoms with Gasteiger partial charge in [-0.25, -0.2) is 4.79 Å². The van der Waals surface area contributed by atoms with E-state index in [1.165, 1.54) is 72.9 Å². The van der Waals surface area contributed by atoms with Crippen molar-refractivity contribution in [2.75, 3.05) is 0 Å². The number of Topliss-reactive ketones (excluding diaryl/α,β-unsaturated/α-hetero) is 3. The summed E-state index contributed by atoms with van der Waals surface area (Å²) in [5, 5.41) is 36.8. The number of aliphatic hydroxyl groups excluding tert-OH is 1. The van der Waals surface area contributed by atoms with Gasteiger partial charge in [-0.1, -0.05) is 103 Å². The standard InChI is InChI=1S/C32H25N3O8S/c36-23(18-10-4-1-5-11-18)24(37)27-31(41,25(38)19-12-6-2-7-13-19)32(42,26(39)20-14-8-3-9-15-20)29(43-27)35-21-16-17-33-22(21)28(44)34-30(35)40/h1-17,24,27,29,33,37,41-42H,(H,34,40,44)/t24?,27-,29-,31-,32+/m1/s1. The molecule has 0 radical (unpaired) electrons. The van der Waals surface area contributed by atoms with Gasteiger partial charge in [0.05, 0.1) is 11.0 Å². The van der Waals surface area contributed by atoms with Gasteiger partial charge in [0.1, 0.15) is 16.8 Å². The molecule has 0 bridgehead atoms.